The zero-order valence-corrected chi connectivity index (χ0v) is 14.5. The van der Waals surface area contributed by atoms with Crippen molar-refractivity contribution in [3.8, 4) is 17.0 Å². The summed E-state index contributed by atoms with van der Waals surface area (Å²) in [5.74, 6) is 0.470. The molecule has 1 aromatic heterocycles. The van der Waals surface area contributed by atoms with E-state index in [4.69, 9.17) is 4.74 Å². The van der Waals surface area contributed by atoms with Crippen molar-refractivity contribution >= 4 is 12.1 Å². The van der Waals surface area contributed by atoms with Gasteiger partial charge in [-0.05, 0) is 42.3 Å². The number of H-pyrrole nitrogens is 1. The molecule has 0 saturated heterocycles. The van der Waals surface area contributed by atoms with Crippen LogP contribution in [0.25, 0.3) is 11.3 Å². The van der Waals surface area contributed by atoms with E-state index in [9.17, 15) is 4.79 Å². The van der Waals surface area contributed by atoms with E-state index in [1.807, 2.05) is 54.6 Å². The van der Waals surface area contributed by atoms with Gasteiger partial charge in [-0.1, -0.05) is 37.3 Å². The first-order valence-electron chi connectivity index (χ1n) is 8.43. The molecule has 6 nitrogen and oxygen atoms in total. The molecule has 3 rings (SSSR count). The summed E-state index contributed by atoms with van der Waals surface area (Å²) in [5, 5.41) is 10.9. The number of nitrogens with one attached hydrogen (secondary N) is 2. The predicted molar refractivity (Wildman–Crippen MR) is 101 cm³/mol. The molecule has 0 atom stereocenters. The molecule has 0 fully saturated rings. The van der Waals surface area contributed by atoms with Gasteiger partial charge in [0.15, 0.2) is 0 Å². The van der Waals surface area contributed by atoms with Crippen molar-refractivity contribution in [2.45, 2.75) is 13.3 Å². The number of benzene rings is 2. The van der Waals surface area contributed by atoms with Crippen LogP contribution in [0.15, 0.2) is 65.8 Å². The molecule has 132 valence electrons. The highest BCUT2D eigenvalue weighted by Gasteiger charge is 2.09. The molecule has 0 bridgehead atoms. The largest absolute Gasteiger partial charge is 0.494 e. The first-order valence-corrected chi connectivity index (χ1v) is 8.43. The molecule has 0 aliphatic rings. The number of hydrogen-bond donors (Lipinski definition) is 2. The van der Waals surface area contributed by atoms with Crippen LogP contribution in [-0.2, 0) is 0 Å². The number of rotatable bonds is 7. The summed E-state index contributed by atoms with van der Waals surface area (Å²) >= 11 is 0. The molecule has 3 aromatic rings. The van der Waals surface area contributed by atoms with Gasteiger partial charge in [-0.25, -0.2) is 5.43 Å². The molecule has 0 saturated carbocycles. The first-order chi connectivity index (χ1) is 12.8. The third-order valence-electron chi connectivity index (χ3n) is 3.62. The van der Waals surface area contributed by atoms with E-state index < -0.39 is 0 Å². The lowest BCUT2D eigenvalue weighted by molar-refractivity contribution is 0.0950. The number of ether oxygens (including phenoxy) is 1. The molecule has 0 aliphatic carbocycles. The summed E-state index contributed by atoms with van der Waals surface area (Å²) in [6.07, 6.45) is 2.55. The van der Waals surface area contributed by atoms with E-state index in [1.165, 1.54) is 0 Å². The van der Waals surface area contributed by atoms with E-state index >= 15 is 0 Å². The fourth-order valence-corrected chi connectivity index (χ4v) is 2.29. The third-order valence-corrected chi connectivity index (χ3v) is 3.62. The number of carbonyl (C=O) groups excluding carboxylic acids is 1. The molecular weight excluding hydrogens is 328 g/mol. The van der Waals surface area contributed by atoms with Crippen LogP contribution in [0.1, 0.15) is 29.4 Å². The molecule has 1 amide bonds. The number of hydrazone groups is 1. The van der Waals surface area contributed by atoms with Gasteiger partial charge >= 0.3 is 0 Å². The molecular formula is C20H20N4O2. The second-order valence-corrected chi connectivity index (χ2v) is 5.65. The van der Waals surface area contributed by atoms with Crippen molar-refractivity contribution < 1.29 is 9.53 Å². The highest BCUT2D eigenvalue weighted by Crippen LogP contribution is 2.16. The van der Waals surface area contributed by atoms with Gasteiger partial charge in [-0.3, -0.25) is 9.89 Å². The monoisotopic (exact) mass is 348 g/mol. The Morgan fingerprint density at radius 1 is 1.19 bits per heavy atom. The van der Waals surface area contributed by atoms with E-state index in [1.54, 1.807) is 12.3 Å². The van der Waals surface area contributed by atoms with E-state index in [0.29, 0.717) is 18.0 Å². The molecule has 0 unspecified atom stereocenters. The topological polar surface area (TPSA) is 79.4 Å². The predicted octanol–water partition coefficient (Wildman–Crippen LogP) is 3.63. The van der Waals surface area contributed by atoms with Gasteiger partial charge in [0.05, 0.1) is 18.5 Å². The van der Waals surface area contributed by atoms with Crippen LogP contribution in [0.3, 0.4) is 0 Å². The lowest BCUT2D eigenvalue weighted by atomic mass is 10.1. The maximum atomic E-state index is 12.1. The maximum absolute atomic E-state index is 12.1. The van der Waals surface area contributed by atoms with Crippen LogP contribution in [-0.4, -0.2) is 28.9 Å². The van der Waals surface area contributed by atoms with Crippen molar-refractivity contribution in [1.29, 1.82) is 0 Å². The minimum absolute atomic E-state index is 0.348. The van der Waals surface area contributed by atoms with E-state index in [-0.39, 0.29) is 5.91 Å². The summed E-state index contributed by atoms with van der Waals surface area (Å²) < 4.78 is 5.52. The van der Waals surface area contributed by atoms with Gasteiger partial charge in [0, 0.05) is 5.56 Å². The molecule has 2 N–H and O–H groups in total. The Balaban J connectivity index is 1.57. The van der Waals surface area contributed by atoms with E-state index in [0.717, 1.165) is 23.3 Å². The second-order valence-electron chi connectivity index (χ2n) is 5.65. The number of aromatic nitrogens is 2. The Hall–Kier alpha value is -3.41. The van der Waals surface area contributed by atoms with Gasteiger partial charge in [0.2, 0.25) is 0 Å². The van der Waals surface area contributed by atoms with Crippen molar-refractivity contribution in [2.75, 3.05) is 6.61 Å². The smallest absolute Gasteiger partial charge is 0.289 e. The summed E-state index contributed by atoms with van der Waals surface area (Å²) in [6.45, 7) is 2.75. The summed E-state index contributed by atoms with van der Waals surface area (Å²) in [6, 6.07) is 18.8. The van der Waals surface area contributed by atoms with Crippen LogP contribution in [0.2, 0.25) is 0 Å². The average Bonchev–Trinajstić information content (AvgIpc) is 3.18. The standard InChI is InChI=1S/C20H20N4O2/c1-2-12-26-17-10-8-15(9-11-17)14-21-24-20(25)19-13-18(22-23-19)16-6-4-3-5-7-16/h3-11,13-14H,2,12H2,1H3,(H,22,23)(H,24,25)/b21-14-. The highest BCUT2D eigenvalue weighted by molar-refractivity contribution is 5.94. The molecule has 6 heteroatoms. The van der Waals surface area contributed by atoms with Gasteiger partial charge in [0.25, 0.3) is 5.91 Å². The highest BCUT2D eigenvalue weighted by atomic mass is 16.5. The SMILES string of the molecule is CCCOc1ccc(/C=N\NC(=O)c2cc(-c3ccccc3)n[nH]2)cc1. The fourth-order valence-electron chi connectivity index (χ4n) is 2.29. The van der Waals surface area contributed by atoms with Crippen LogP contribution < -0.4 is 10.2 Å². The van der Waals surface area contributed by atoms with Crippen LogP contribution in [0.5, 0.6) is 5.75 Å². The van der Waals surface area contributed by atoms with Crippen molar-refractivity contribution in [1.82, 2.24) is 15.6 Å². The van der Waals surface area contributed by atoms with Crippen molar-refractivity contribution in [3.05, 3.63) is 71.9 Å². The minimum atomic E-state index is -0.348. The van der Waals surface area contributed by atoms with Gasteiger partial charge < -0.3 is 4.74 Å². The van der Waals surface area contributed by atoms with Gasteiger partial charge in [-0.2, -0.15) is 10.2 Å². The van der Waals surface area contributed by atoms with Crippen LogP contribution in [0, 0.1) is 0 Å². The molecule has 0 spiro atoms. The zero-order valence-electron chi connectivity index (χ0n) is 14.5. The first kappa shape index (κ1) is 17.4. The van der Waals surface area contributed by atoms with Crippen LogP contribution >= 0.6 is 0 Å². The maximum Gasteiger partial charge on any atom is 0.289 e. The Bertz CT molecular complexity index is 870. The van der Waals surface area contributed by atoms with Gasteiger partial charge in [0.1, 0.15) is 11.4 Å². The number of carbonyl (C=O) groups is 1. The molecule has 0 aliphatic heterocycles. The number of nitrogens with zero attached hydrogens (tertiary/aromatic N) is 2. The summed E-state index contributed by atoms with van der Waals surface area (Å²) in [4.78, 5) is 12.1. The molecule has 2 aromatic carbocycles. The summed E-state index contributed by atoms with van der Waals surface area (Å²) in [7, 11) is 0. The van der Waals surface area contributed by atoms with Crippen molar-refractivity contribution in [3.63, 3.8) is 0 Å². The molecule has 26 heavy (non-hydrogen) atoms. The van der Waals surface area contributed by atoms with Gasteiger partial charge in [-0.15, -0.1) is 0 Å². The second kappa shape index (κ2) is 8.62. The fraction of sp³-hybridized carbons (Fsp3) is 0.150. The molecule has 1 heterocycles. The Kier molecular flexibility index (Phi) is 5.77. The lowest BCUT2D eigenvalue weighted by Gasteiger charge is -2.03. The third kappa shape index (κ3) is 4.57. The quantitative estimate of drug-likeness (QED) is 0.505. The van der Waals surface area contributed by atoms with Crippen LogP contribution in [0.4, 0.5) is 0 Å². The normalized spacial score (nSPS) is 10.8. The number of aromatic amines is 1. The summed E-state index contributed by atoms with van der Waals surface area (Å²) in [5.41, 5.74) is 5.36. The van der Waals surface area contributed by atoms with Crippen molar-refractivity contribution in [2.24, 2.45) is 5.10 Å². The Morgan fingerprint density at radius 3 is 2.69 bits per heavy atom. The molecule has 0 radical (unpaired) electrons. The number of hydrogen-bond acceptors (Lipinski definition) is 4. The minimum Gasteiger partial charge on any atom is -0.494 e. The Morgan fingerprint density at radius 2 is 1.96 bits per heavy atom. The Labute approximate surface area is 151 Å². The number of amides is 1. The zero-order chi connectivity index (χ0) is 18.2. The average molecular weight is 348 g/mol. The van der Waals surface area contributed by atoms with E-state index in [2.05, 4.69) is 27.6 Å². The lowest BCUT2D eigenvalue weighted by Crippen LogP contribution is -2.17.